The molecule has 0 bridgehead atoms. The Bertz CT molecular complexity index is 919. The number of phenols is 1. The van der Waals surface area contributed by atoms with E-state index in [2.05, 4.69) is 16.0 Å². The molecule has 194 valence electrons. The molecule has 1 aromatic carbocycles. The van der Waals surface area contributed by atoms with Crippen molar-refractivity contribution >= 4 is 29.7 Å². The number of amides is 3. The molecule has 6 unspecified atom stereocenters. The predicted octanol–water partition coefficient (Wildman–Crippen LogP) is -2.96. The zero-order valence-corrected chi connectivity index (χ0v) is 19.0. The third kappa shape index (κ3) is 9.56. The molecule has 0 aromatic heterocycles. The molecule has 0 aliphatic heterocycles. The van der Waals surface area contributed by atoms with Crippen molar-refractivity contribution in [1.82, 2.24) is 16.0 Å². The molecule has 14 heteroatoms. The summed E-state index contributed by atoms with van der Waals surface area (Å²) >= 11 is 0. The predicted molar refractivity (Wildman–Crippen MR) is 119 cm³/mol. The van der Waals surface area contributed by atoms with Gasteiger partial charge in [0.15, 0.2) is 0 Å². The van der Waals surface area contributed by atoms with Crippen LogP contribution < -0.4 is 21.7 Å². The van der Waals surface area contributed by atoms with Gasteiger partial charge >= 0.3 is 11.9 Å². The van der Waals surface area contributed by atoms with E-state index in [1.807, 2.05) is 0 Å². The molecule has 0 radical (unpaired) electrons. The molecular formula is C21H30N4O10. The van der Waals surface area contributed by atoms with Gasteiger partial charge in [-0.05, 0) is 31.5 Å². The molecule has 6 atom stereocenters. The molecule has 1 aromatic rings. The Labute approximate surface area is 200 Å². The first-order valence-corrected chi connectivity index (χ1v) is 10.5. The van der Waals surface area contributed by atoms with Gasteiger partial charge in [0.1, 0.15) is 29.9 Å². The summed E-state index contributed by atoms with van der Waals surface area (Å²) in [7, 11) is 0. The first kappa shape index (κ1) is 29.3. The number of hydrogen-bond acceptors (Lipinski definition) is 9. The minimum absolute atomic E-state index is 0.0527. The number of benzene rings is 1. The standard InChI is InChI=1S/C21H30N4O10/c1-9(26)16(22)19(32)25-17(10(2)27)20(33)23-13(8-15(29)30)18(31)24-14(21(34)35)7-11-3-5-12(28)6-4-11/h3-6,9-10,13-14,16-17,26-28H,7-8,22H2,1-2H3,(H,23,33)(H,24,31)(H,25,32)(H,29,30)(H,34,35). The lowest BCUT2D eigenvalue weighted by atomic mass is 10.0. The Morgan fingerprint density at radius 2 is 1.37 bits per heavy atom. The summed E-state index contributed by atoms with van der Waals surface area (Å²) < 4.78 is 0. The van der Waals surface area contributed by atoms with Gasteiger partial charge in [-0.15, -0.1) is 0 Å². The van der Waals surface area contributed by atoms with Crippen LogP contribution in [0.2, 0.25) is 0 Å². The Balaban J connectivity index is 3.01. The van der Waals surface area contributed by atoms with Crippen LogP contribution in [-0.4, -0.2) is 91.6 Å². The van der Waals surface area contributed by atoms with Gasteiger partial charge in [0.05, 0.1) is 18.6 Å². The van der Waals surface area contributed by atoms with Crippen molar-refractivity contribution in [3.63, 3.8) is 0 Å². The van der Waals surface area contributed by atoms with Gasteiger partial charge in [0.2, 0.25) is 17.7 Å². The van der Waals surface area contributed by atoms with Crippen LogP contribution in [-0.2, 0) is 30.4 Å². The van der Waals surface area contributed by atoms with Gasteiger partial charge in [-0.3, -0.25) is 19.2 Å². The molecule has 35 heavy (non-hydrogen) atoms. The summed E-state index contributed by atoms with van der Waals surface area (Å²) in [5, 5.41) is 53.6. The highest BCUT2D eigenvalue weighted by Gasteiger charge is 2.34. The van der Waals surface area contributed by atoms with Crippen LogP contribution in [0.15, 0.2) is 24.3 Å². The first-order valence-electron chi connectivity index (χ1n) is 10.5. The second kappa shape index (κ2) is 13.2. The zero-order chi connectivity index (χ0) is 26.9. The van der Waals surface area contributed by atoms with Gasteiger partial charge in [0, 0.05) is 6.42 Å². The molecule has 0 aliphatic carbocycles. The van der Waals surface area contributed by atoms with Gasteiger partial charge in [0.25, 0.3) is 0 Å². The Hall–Kier alpha value is -3.75. The molecule has 0 heterocycles. The fourth-order valence-corrected chi connectivity index (χ4v) is 2.86. The molecule has 1 rings (SSSR count). The maximum absolute atomic E-state index is 12.7. The summed E-state index contributed by atoms with van der Waals surface area (Å²) in [6.45, 7) is 2.37. The average Bonchev–Trinajstić information content (AvgIpc) is 2.76. The van der Waals surface area contributed by atoms with E-state index in [0.29, 0.717) is 5.56 Å². The van der Waals surface area contributed by atoms with E-state index >= 15 is 0 Å². The van der Waals surface area contributed by atoms with E-state index in [1.54, 1.807) is 0 Å². The fraction of sp³-hybridized carbons (Fsp3) is 0.476. The quantitative estimate of drug-likeness (QED) is 0.133. The zero-order valence-electron chi connectivity index (χ0n) is 19.0. The minimum Gasteiger partial charge on any atom is -0.508 e. The van der Waals surface area contributed by atoms with Crippen molar-refractivity contribution < 1.29 is 49.5 Å². The van der Waals surface area contributed by atoms with Crippen molar-refractivity contribution in [2.45, 2.75) is 63.1 Å². The van der Waals surface area contributed by atoms with Gasteiger partial charge in [-0.25, -0.2) is 4.79 Å². The van der Waals surface area contributed by atoms with E-state index in [-0.39, 0.29) is 12.2 Å². The molecular weight excluding hydrogens is 468 g/mol. The van der Waals surface area contributed by atoms with E-state index in [1.165, 1.54) is 31.2 Å². The van der Waals surface area contributed by atoms with Crippen molar-refractivity contribution in [3.8, 4) is 5.75 Å². The van der Waals surface area contributed by atoms with Crippen LogP contribution in [0.5, 0.6) is 5.75 Å². The number of nitrogens with one attached hydrogen (secondary N) is 3. The number of rotatable bonds is 13. The number of carboxylic acids is 2. The molecule has 10 N–H and O–H groups in total. The number of aromatic hydroxyl groups is 1. The lowest BCUT2D eigenvalue weighted by molar-refractivity contribution is -0.144. The topological polar surface area (TPSA) is 249 Å². The number of aliphatic hydroxyl groups excluding tert-OH is 2. The first-order chi connectivity index (χ1) is 16.2. The number of aliphatic carboxylic acids is 2. The number of phenolic OH excluding ortho intramolecular Hbond substituents is 1. The number of carboxylic acid groups (broad SMARTS) is 2. The number of nitrogens with two attached hydrogens (primary N) is 1. The van der Waals surface area contributed by atoms with Crippen LogP contribution in [0.3, 0.4) is 0 Å². The van der Waals surface area contributed by atoms with Gasteiger partial charge in [-0.2, -0.15) is 0 Å². The minimum atomic E-state index is -1.76. The molecule has 0 aliphatic rings. The molecule has 0 fully saturated rings. The van der Waals surface area contributed by atoms with Crippen LogP contribution in [0.1, 0.15) is 25.8 Å². The largest absolute Gasteiger partial charge is 0.508 e. The van der Waals surface area contributed by atoms with Crippen molar-refractivity contribution in [2.24, 2.45) is 5.73 Å². The number of carbonyl (C=O) groups is 5. The maximum Gasteiger partial charge on any atom is 0.326 e. The monoisotopic (exact) mass is 498 g/mol. The van der Waals surface area contributed by atoms with Gasteiger partial charge < -0.3 is 47.2 Å². The number of hydrogen-bond donors (Lipinski definition) is 9. The highest BCUT2D eigenvalue weighted by atomic mass is 16.4. The summed E-state index contributed by atoms with van der Waals surface area (Å²) in [5.74, 6) is -6.25. The van der Waals surface area contributed by atoms with Gasteiger partial charge in [-0.1, -0.05) is 12.1 Å². The SMILES string of the molecule is CC(O)C(N)C(=O)NC(C(=O)NC(CC(=O)O)C(=O)NC(Cc1ccc(O)cc1)C(=O)O)C(C)O. The Morgan fingerprint density at radius 1 is 0.829 bits per heavy atom. The number of carbonyl (C=O) groups excluding carboxylic acids is 3. The Morgan fingerprint density at radius 3 is 1.83 bits per heavy atom. The lowest BCUT2D eigenvalue weighted by Gasteiger charge is -2.26. The third-order valence-electron chi connectivity index (χ3n) is 4.89. The smallest absolute Gasteiger partial charge is 0.326 e. The fourth-order valence-electron chi connectivity index (χ4n) is 2.86. The average molecular weight is 498 g/mol. The summed E-state index contributed by atoms with van der Waals surface area (Å²) in [4.78, 5) is 60.3. The molecule has 0 spiro atoms. The van der Waals surface area contributed by atoms with Crippen LogP contribution >= 0.6 is 0 Å². The van der Waals surface area contributed by atoms with Crippen LogP contribution in [0, 0.1) is 0 Å². The molecule has 14 nitrogen and oxygen atoms in total. The summed E-state index contributed by atoms with van der Waals surface area (Å²) in [6, 6.07) is -0.859. The molecule has 3 amide bonds. The molecule has 0 saturated heterocycles. The van der Waals surface area contributed by atoms with Crippen molar-refractivity contribution in [1.29, 1.82) is 0 Å². The van der Waals surface area contributed by atoms with Crippen LogP contribution in [0.25, 0.3) is 0 Å². The second-order valence-corrected chi connectivity index (χ2v) is 7.92. The lowest BCUT2D eigenvalue weighted by Crippen LogP contribution is -2.61. The maximum atomic E-state index is 12.7. The number of aliphatic hydroxyl groups is 2. The van der Waals surface area contributed by atoms with E-state index in [9.17, 15) is 44.4 Å². The highest BCUT2D eigenvalue weighted by Crippen LogP contribution is 2.12. The van der Waals surface area contributed by atoms with E-state index < -0.39 is 72.5 Å². The second-order valence-electron chi connectivity index (χ2n) is 7.92. The highest BCUT2D eigenvalue weighted by molar-refractivity contribution is 5.96. The Kier molecular flexibility index (Phi) is 11.1. The van der Waals surface area contributed by atoms with Crippen LogP contribution in [0.4, 0.5) is 0 Å². The van der Waals surface area contributed by atoms with E-state index in [4.69, 9.17) is 10.8 Å². The third-order valence-corrected chi connectivity index (χ3v) is 4.89. The van der Waals surface area contributed by atoms with Crippen molar-refractivity contribution in [3.05, 3.63) is 29.8 Å². The summed E-state index contributed by atoms with van der Waals surface area (Å²) in [6.07, 6.45) is -3.93. The summed E-state index contributed by atoms with van der Waals surface area (Å²) in [5.41, 5.74) is 5.94. The van der Waals surface area contributed by atoms with Crippen molar-refractivity contribution in [2.75, 3.05) is 0 Å². The molecule has 0 saturated carbocycles. The normalized spacial score (nSPS) is 16.0. The van der Waals surface area contributed by atoms with E-state index in [0.717, 1.165) is 6.92 Å².